The van der Waals surface area contributed by atoms with E-state index >= 15 is 0 Å². The number of alkyl halides is 3. The average molecular weight is 346 g/mol. The molecule has 0 amide bonds. The minimum absolute atomic E-state index is 0.0233. The Labute approximate surface area is 136 Å². The van der Waals surface area contributed by atoms with Crippen molar-refractivity contribution < 1.29 is 17.9 Å². The monoisotopic (exact) mass is 345 g/mol. The molecule has 0 saturated heterocycles. The Morgan fingerprint density at radius 2 is 1.96 bits per heavy atom. The van der Waals surface area contributed by atoms with Gasteiger partial charge in [-0.2, -0.15) is 18.2 Å². The third-order valence-electron chi connectivity index (χ3n) is 2.73. The van der Waals surface area contributed by atoms with E-state index in [4.69, 9.17) is 16.3 Å². The molecule has 0 atom stereocenters. The van der Waals surface area contributed by atoms with E-state index < -0.39 is 17.6 Å². The maximum Gasteiger partial charge on any atom is 0.423 e. The molecule has 0 spiro atoms. The van der Waals surface area contributed by atoms with Crippen LogP contribution in [0, 0.1) is 5.92 Å². The zero-order valence-electron chi connectivity index (χ0n) is 12.5. The van der Waals surface area contributed by atoms with Crippen LogP contribution in [0.25, 0.3) is 0 Å². The van der Waals surface area contributed by atoms with E-state index in [9.17, 15) is 13.2 Å². The molecule has 4 nitrogen and oxygen atoms in total. The third kappa shape index (κ3) is 4.72. The van der Waals surface area contributed by atoms with Crippen LogP contribution in [-0.4, -0.2) is 16.6 Å². The molecule has 0 unspecified atom stereocenters. The van der Waals surface area contributed by atoms with Gasteiger partial charge in [-0.05, 0) is 18.1 Å². The molecule has 1 aromatic carbocycles. The summed E-state index contributed by atoms with van der Waals surface area (Å²) in [5, 5.41) is 3.18. The highest BCUT2D eigenvalue weighted by molar-refractivity contribution is 6.33. The lowest BCUT2D eigenvalue weighted by Crippen LogP contribution is -2.14. The van der Waals surface area contributed by atoms with Gasteiger partial charge in [-0.1, -0.05) is 37.6 Å². The summed E-state index contributed by atoms with van der Waals surface area (Å²) in [6, 6.07) is 6.77. The van der Waals surface area contributed by atoms with Crippen molar-refractivity contribution in [2.45, 2.75) is 20.0 Å². The smallest absolute Gasteiger partial charge is 0.423 e. The van der Waals surface area contributed by atoms with Crippen LogP contribution in [0.5, 0.6) is 5.88 Å². The molecule has 1 aromatic heterocycles. The minimum Gasteiger partial charge on any atom is -0.477 e. The zero-order chi connectivity index (χ0) is 17.0. The maximum absolute atomic E-state index is 13.0. The van der Waals surface area contributed by atoms with E-state index in [2.05, 4.69) is 15.3 Å². The van der Waals surface area contributed by atoms with Crippen LogP contribution in [0.4, 0.5) is 24.8 Å². The second kappa shape index (κ2) is 7.04. The number of rotatable bonds is 5. The van der Waals surface area contributed by atoms with E-state index in [1.807, 2.05) is 13.8 Å². The summed E-state index contributed by atoms with van der Waals surface area (Å²) in [5.74, 6) is -0.466. The number of halogens is 4. The van der Waals surface area contributed by atoms with Crippen molar-refractivity contribution in [2.24, 2.45) is 5.92 Å². The van der Waals surface area contributed by atoms with Crippen molar-refractivity contribution >= 4 is 23.2 Å². The summed E-state index contributed by atoms with van der Waals surface area (Å²) in [7, 11) is 0. The molecule has 8 heteroatoms. The van der Waals surface area contributed by atoms with Gasteiger partial charge in [0.2, 0.25) is 11.8 Å². The van der Waals surface area contributed by atoms with Gasteiger partial charge in [0.05, 0.1) is 17.3 Å². The topological polar surface area (TPSA) is 47.0 Å². The molecule has 1 N–H and O–H groups in total. The Morgan fingerprint density at radius 1 is 1.26 bits per heavy atom. The summed E-state index contributed by atoms with van der Waals surface area (Å²) in [6.45, 7) is 3.78. The standard InChI is InChI=1S/C15H15ClF3N3O/c1-9(2)8-23-13-10(15(17,18)19)7-20-14(22-13)21-12-6-4-3-5-11(12)16/h3-7,9H,8H2,1-2H3,(H,20,21,22). The fourth-order valence-electron chi connectivity index (χ4n) is 1.66. The average Bonchev–Trinajstić information content (AvgIpc) is 2.46. The van der Waals surface area contributed by atoms with Crippen molar-refractivity contribution in [1.29, 1.82) is 0 Å². The number of hydrogen-bond acceptors (Lipinski definition) is 4. The van der Waals surface area contributed by atoms with Crippen LogP contribution in [0.2, 0.25) is 5.02 Å². The van der Waals surface area contributed by atoms with Crippen molar-refractivity contribution in [3.8, 4) is 5.88 Å². The summed E-state index contributed by atoms with van der Waals surface area (Å²) in [5.41, 5.74) is -0.522. The van der Waals surface area contributed by atoms with Gasteiger partial charge in [0.25, 0.3) is 0 Å². The molecule has 0 aliphatic carbocycles. The Bertz CT molecular complexity index is 677. The van der Waals surface area contributed by atoms with Crippen LogP contribution in [0.1, 0.15) is 19.4 Å². The zero-order valence-corrected chi connectivity index (χ0v) is 13.2. The summed E-state index contributed by atoms with van der Waals surface area (Å²) in [4.78, 5) is 7.51. The van der Waals surface area contributed by atoms with Gasteiger partial charge in [0.1, 0.15) is 5.56 Å². The fraction of sp³-hybridized carbons (Fsp3) is 0.333. The number of nitrogens with one attached hydrogen (secondary N) is 1. The number of benzene rings is 1. The van der Waals surface area contributed by atoms with Crippen LogP contribution >= 0.6 is 11.6 Å². The molecule has 2 rings (SSSR count). The van der Waals surface area contributed by atoms with Gasteiger partial charge < -0.3 is 10.1 Å². The highest BCUT2D eigenvalue weighted by Crippen LogP contribution is 2.35. The number of anilines is 2. The maximum atomic E-state index is 13.0. The number of para-hydroxylation sites is 1. The van der Waals surface area contributed by atoms with Crippen molar-refractivity contribution in [3.05, 3.63) is 41.0 Å². The molecular formula is C15H15ClF3N3O. The highest BCUT2D eigenvalue weighted by atomic mass is 35.5. The van der Waals surface area contributed by atoms with Gasteiger partial charge in [-0.3, -0.25) is 0 Å². The van der Waals surface area contributed by atoms with Crippen LogP contribution in [0.3, 0.4) is 0 Å². The Morgan fingerprint density at radius 3 is 2.57 bits per heavy atom. The lowest BCUT2D eigenvalue weighted by atomic mass is 10.2. The number of nitrogens with zero attached hydrogens (tertiary/aromatic N) is 2. The lowest BCUT2D eigenvalue weighted by molar-refractivity contribution is -0.139. The molecule has 0 bridgehead atoms. The predicted octanol–water partition coefficient (Wildman–Crippen LogP) is 4.93. The SMILES string of the molecule is CC(C)COc1nc(Nc2ccccc2Cl)ncc1C(F)(F)F. The highest BCUT2D eigenvalue weighted by Gasteiger charge is 2.36. The molecule has 0 radical (unpaired) electrons. The molecule has 0 aliphatic rings. The second-order valence-corrected chi connectivity index (χ2v) is 5.63. The number of ether oxygens (including phenoxy) is 1. The first kappa shape index (κ1) is 17.3. The summed E-state index contributed by atoms with van der Waals surface area (Å²) < 4.78 is 44.2. The van der Waals surface area contributed by atoms with Crippen molar-refractivity contribution in [1.82, 2.24) is 9.97 Å². The van der Waals surface area contributed by atoms with E-state index in [0.29, 0.717) is 16.9 Å². The third-order valence-corrected chi connectivity index (χ3v) is 3.06. The molecule has 2 aromatic rings. The first-order chi connectivity index (χ1) is 10.8. The molecule has 23 heavy (non-hydrogen) atoms. The van der Waals surface area contributed by atoms with Gasteiger partial charge in [0.15, 0.2) is 0 Å². The Hall–Kier alpha value is -2.02. The van der Waals surface area contributed by atoms with Crippen LogP contribution < -0.4 is 10.1 Å². The van der Waals surface area contributed by atoms with Crippen molar-refractivity contribution in [2.75, 3.05) is 11.9 Å². The molecule has 124 valence electrons. The normalized spacial score (nSPS) is 11.6. The molecule has 0 fully saturated rings. The number of hydrogen-bond donors (Lipinski definition) is 1. The van der Waals surface area contributed by atoms with Crippen LogP contribution in [-0.2, 0) is 6.18 Å². The van der Waals surface area contributed by atoms with E-state index in [1.54, 1.807) is 24.3 Å². The number of aromatic nitrogens is 2. The first-order valence-electron chi connectivity index (χ1n) is 6.86. The Balaban J connectivity index is 2.32. The second-order valence-electron chi connectivity index (χ2n) is 5.22. The predicted molar refractivity (Wildman–Crippen MR) is 82.1 cm³/mol. The largest absolute Gasteiger partial charge is 0.477 e. The van der Waals surface area contributed by atoms with Gasteiger partial charge in [-0.25, -0.2) is 4.98 Å². The lowest BCUT2D eigenvalue weighted by Gasteiger charge is -2.15. The molecule has 0 aliphatic heterocycles. The molecular weight excluding hydrogens is 331 g/mol. The van der Waals surface area contributed by atoms with Gasteiger partial charge >= 0.3 is 6.18 Å². The Kier molecular flexibility index (Phi) is 5.30. The molecule has 0 saturated carbocycles. The fourth-order valence-corrected chi connectivity index (χ4v) is 1.84. The van der Waals surface area contributed by atoms with Gasteiger partial charge in [-0.15, -0.1) is 0 Å². The first-order valence-corrected chi connectivity index (χ1v) is 7.23. The van der Waals surface area contributed by atoms with E-state index in [-0.39, 0.29) is 18.5 Å². The van der Waals surface area contributed by atoms with E-state index in [0.717, 1.165) is 0 Å². The quantitative estimate of drug-likeness (QED) is 0.835. The van der Waals surface area contributed by atoms with E-state index in [1.165, 1.54) is 0 Å². The van der Waals surface area contributed by atoms with Crippen LogP contribution in [0.15, 0.2) is 30.5 Å². The van der Waals surface area contributed by atoms with Crippen molar-refractivity contribution in [3.63, 3.8) is 0 Å². The summed E-state index contributed by atoms with van der Waals surface area (Å²) in [6.07, 6.45) is -3.89. The molecule has 1 heterocycles. The minimum atomic E-state index is -4.59. The summed E-state index contributed by atoms with van der Waals surface area (Å²) >= 11 is 5.99. The van der Waals surface area contributed by atoms with Gasteiger partial charge in [0, 0.05) is 6.20 Å².